The van der Waals surface area contributed by atoms with Crippen LogP contribution in [0.1, 0.15) is 31.3 Å². The van der Waals surface area contributed by atoms with E-state index in [9.17, 15) is 4.79 Å². The van der Waals surface area contributed by atoms with Gasteiger partial charge in [-0.1, -0.05) is 13.3 Å². The third-order valence-corrected chi connectivity index (χ3v) is 3.02. The zero-order chi connectivity index (χ0) is 14.5. The fourth-order valence-corrected chi connectivity index (χ4v) is 2.00. The van der Waals surface area contributed by atoms with E-state index in [2.05, 4.69) is 22.0 Å². The molecule has 0 aliphatic heterocycles. The molecule has 106 valence electrons. The molecule has 6 heteroatoms. The number of amides is 1. The van der Waals surface area contributed by atoms with Crippen LogP contribution in [0, 0.1) is 6.92 Å². The Kier molecular flexibility index (Phi) is 4.45. The quantitative estimate of drug-likeness (QED) is 0.863. The number of unbranched alkanes of at least 4 members (excludes halogenated alkanes) is 1. The number of primary amides is 1. The zero-order valence-electron chi connectivity index (χ0n) is 11.8. The summed E-state index contributed by atoms with van der Waals surface area (Å²) in [5, 5.41) is 4.38. The van der Waals surface area contributed by atoms with E-state index in [1.165, 1.54) is 0 Å². The van der Waals surface area contributed by atoms with Gasteiger partial charge in [-0.2, -0.15) is 5.10 Å². The minimum atomic E-state index is -0.424. The van der Waals surface area contributed by atoms with E-state index in [1.807, 2.05) is 23.7 Å². The zero-order valence-corrected chi connectivity index (χ0v) is 11.8. The first-order valence-corrected chi connectivity index (χ1v) is 6.75. The summed E-state index contributed by atoms with van der Waals surface area (Å²) in [7, 11) is 0. The number of carbonyl (C=O) groups excluding carboxylic acids is 1. The summed E-state index contributed by atoms with van der Waals surface area (Å²) in [5.74, 6) is 0.791. The first-order valence-electron chi connectivity index (χ1n) is 6.75. The first-order chi connectivity index (χ1) is 9.61. The lowest BCUT2D eigenvalue weighted by Gasteiger charge is -2.06. The van der Waals surface area contributed by atoms with Crippen molar-refractivity contribution in [1.29, 1.82) is 0 Å². The van der Waals surface area contributed by atoms with Gasteiger partial charge in [-0.15, -0.1) is 0 Å². The molecule has 2 aromatic heterocycles. The molecule has 2 heterocycles. The molecule has 2 rings (SSSR count). The highest BCUT2D eigenvalue weighted by Gasteiger charge is 2.15. The number of nitrogens with zero attached hydrogens (tertiary/aromatic N) is 4. The molecule has 0 radical (unpaired) electrons. The van der Waals surface area contributed by atoms with Crippen LogP contribution >= 0.6 is 0 Å². The van der Waals surface area contributed by atoms with Gasteiger partial charge in [0.25, 0.3) is 0 Å². The highest BCUT2D eigenvalue weighted by atomic mass is 16.1. The minimum Gasteiger partial charge on any atom is -0.369 e. The van der Waals surface area contributed by atoms with Crippen molar-refractivity contribution >= 4 is 5.91 Å². The van der Waals surface area contributed by atoms with Gasteiger partial charge in [0.2, 0.25) is 5.91 Å². The molecule has 0 aliphatic carbocycles. The van der Waals surface area contributed by atoms with Crippen molar-refractivity contribution in [3.63, 3.8) is 0 Å². The second-order valence-electron chi connectivity index (χ2n) is 4.71. The molecule has 0 unspecified atom stereocenters. The van der Waals surface area contributed by atoms with Crippen LogP contribution in [0.25, 0.3) is 11.4 Å². The Morgan fingerprint density at radius 1 is 1.45 bits per heavy atom. The second-order valence-corrected chi connectivity index (χ2v) is 4.71. The fraction of sp³-hybridized carbons (Fsp3) is 0.429. The van der Waals surface area contributed by atoms with E-state index in [-0.39, 0.29) is 6.42 Å². The van der Waals surface area contributed by atoms with Crippen molar-refractivity contribution in [3.05, 3.63) is 29.8 Å². The molecule has 0 spiro atoms. The van der Waals surface area contributed by atoms with Crippen molar-refractivity contribution in [2.45, 2.75) is 39.7 Å². The third kappa shape index (κ3) is 3.20. The van der Waals surface area contributed by atoms with Crippen LogP contribution in [-0.2, 0) is 17.8 Å². The monoisotopic (exact) mass is 273 g/mol. The first kappa shape index (κ1) is 14.2. The summed E-state index contributed by atoms with van der Waals surface area (Å²) in [6, 6.07) is 3.83. The molecule has 0 aromatic carbocycles. The minimum absolute atomic E-state index is 0.0609. The van der Waals surface area contributed by atoms with Crippen molar-refractivity contribution in [2.24, 2.45) is 5.73 Å². The van der Waals surface area contributed by atoms with E-state index >= 15 is 0 Å². The number of rotatable bonds is 6. The lowest BCUT2D eigenvalue weighted by molar-refractivity contribution is -0.117. The Labute approximate surface area is 118 Å². The van der Waals surface area contributed by atoms with Crippen LogP contribution in [0.2, 0.25) is 0 Å². The van der Waals surface area contributed by atoms with Gasteiger partial charge in [-0.05, 0) is 25.5 Å². The Morgan fingerprint density at radius 2 is 2.25 bits per heavy atom. The maximum atomic E-state index is 11.0. The van der Waals surface area contributed by atoms with E-state index in [4.69, 9.17) is 5.73 Å². The largest absolute Gasteiger partial charge is 0.369 e. The number of aromatic nitrogens is 4. The van der Waals surface area contributed by atoms with Crippen LogP contribution in [0.3, 0.4) is 0 Å². The second kappa shape index (κ2) is 6.27. The maximum absolute atomic E-state index is 11.0. The number of nitrogens with two attached hydrogens (primary N) is 1. The van der Waals surface area contributed by atoms with Crippen LogP contribution in [0.4, 0.5) is 0 Å². The van der Waals surface area contributed by atoms with Crippen molar-refractivity contribution in [3.8, 4) is 11.4 Å². The van der Waals surface area contributed by atoms with E-state index < -0.39 is 5.91 Å². The molecule has 0 bridgehead atoms. The SMILES string of the molecule is CCCCn1nc(CC(N)=O)nc1-c1cccnc1C. The van der Waals surface area contributed by atoms with Gasteiger partial charge < -0.3 is 5.73 Å². The standard InChI is InChI=1S/C14H19N5O/c1-3-4-8-19-14(11-6-5-7-16-10(11)2)17-13(18-19)9-12(15)20/h5-7H,3-4,8-9H2,1-2H3,(H2,15,20). The van der Waals surface area contributed by atoms with Crippen molar-refractivity contribution in [2.75, 3.05) is 0 Å². The fourth-order valence-electron chi connectivity index (χ4n) is 2.00. The van der Waals surface area contributed by atoms with Gasteiger partial charge in [-0.25, -0.2) is 9.67 Å². The van der Waals surface area contributed by atoms with Gasteiger partial charge in [0, 0.05) is 24.0 Å². The van der Waals surface area contributed by atoms with Gasteiger partial charge in [-0.3, -0.25) is 9.78 Å². The highest BCUT2D eigenvalue weighted by Crippen LogP contribution is 2.20. The molecule has 6 nitrogen and oxygen atoms in total. The molecule has 2 N–H and O–H groups in total. The number of carbonyl (C=O) groups is 1. The molecule has 0 saturated heterocycles. The lowest BCUT2D eigenvalue weighted by Crippen LogP contribution is -2.14. The average Bonchev–Trinajstić information content (AvgIpc) is 2.78. The average molecular weight is 273 g/mol. The predicted octanol–water partition coefficient (Wildman–Crippen LogP) is 1.48. The Morgan fingerprint density at radius 3 is 2.90 bits per heavy atom. The summed E-state index contributed by atoms with van der Waals surface area (Å²) in [6.07, 6.45) is 3.88. The molecular formula is C14H19N5O. The molecule has 20 heavy (non-hydrogen) atoms. The van der Waals surface area contributed by atoms with Crippen molar-refractivity contribution in [1.82, 2.24) is 19.7 Å². The number of aryl methyl sites for hydroxylation is 2. The van der Waals surface area contributed by atoms with Crippen LogP contribution < -0.4 is 5.73 Å². The summed E-state index contributed by atoms with van der Waals surface area (Å²) < 4.78 is 1.84. The third-order valence-electron chi connectivity index (χ3n) is 3.02. The summed E-state index contributed by atoms with van der Waals surface area (Å²) in [4.78, 5) is 19.7. The number of pyridine rings is 1. The van der Waals surface area contributed by atoms with Crippen LogP contribution in [-0.4, -0.2) is 25.7 Å². The van der Waals surface area contributed by atoms with Gasteiger partial charge in [0.15, 0.2) is 11.6 Å². The molecular weight excluding hydrogens is 254 g/mol. The van der Waals surface area contributed by atoms with E-state index in [0.29, 0.717) is 5.82 Å². The van der Waals surface area contributed by atoms with Crippen LogP contribution in [0.5, 0.6) is 0 Å². The maximum Gasteiger partial charge on any atom is 0.225 e. The molecule has 0 fully saturated rings. The topological polar surface area (TPSA) is 86.7 Å². The highest BCUT2D eigenvalue weighted by molar-refractivity contribution is 5.75. The van der Waals surface area contributed by atoms with Crippen LogP contribution in [0.15, 0.2) is 18.3 Å². The molecule has 1 amide bonds. The van der Waals surface area contributed by atoms with Crippen molar-refractivity contribution < 1.29 is 4.79 Å². The lowest BCUT2D eigenvalue weighted by atomic mass is 10.2. The smallest absolute Gasteiger partial charge is 0.225 e. The Bertz CT molecular complexity index is 605. The number of hydrogen-bond donors (Lipinski definition) is 1. The predicted molar refractivity (Wildman–Crippen MR) is 75.8 cm³/mol. The normalized spacial score (nSPS) is 10.7. The molecule has 0 aliphatic rings. The van der Waals surface area contributed by atoms with E-state index in [1.54, 1.807) is 6.20 Å². The van der Waals surface area contributed by atoms with Gasteiger partial charge >= 0.3 is 0 Å². The van der Waals surface area contributed by atoms with E-state index in [0.717, 1.165) is 36.5 Å². The summed E-state index contributed by atoms with van der Waals surface area (Å²) >= 11 is 0. The van der Waals surface area contributed by atoms with Gasteiger partial charge in [0.05, 0.1) is 6.42 Å². The Balaban J connectivity index is 2.41. The summed E-state index contributed by atoms with van der Waals surface area (Å²) in [6.45, 7) is 4.82. The number of hydrogen-bond acceptors (Lipinski definition) is 4. The van der Waals surface area contributed by atoms with Gasteiger partial charge in [0.1, 0.15) is 0 Å². The molecule has 0 saturated carbocycles. The Hall–Kier alpha value is -2.24. The molecule has 2 aromatic rings. The molecule has 0 atom stereocenters. The summed E-state index contributed by atoms with van der Waals surface area (Å²) in [5.41, 5.74) is 7.04.